The topological polar surface area (TPSA) is 33.1 Å². The Morgan fingerprint density at radius 3 is 2.62 bits per heavy atom. The number of halogens is 4. The minimum absolute atomic E-state index is 0.0287. The maximum Gasteiger partial charge on any atom is 0.267 e. The number of aliphatic hydroxyl groups is 1. The molecular formula is C7H5BrClF2NO. The van der Waals surface area contributed by atoms with Crippen LogP contribution < -0.4 is 0 Å². The third-order valence-electron chi connectivity index (χ3n) is 1.39. The summed E-state index contributed by atoms with van der Waals surface area (Å²) in [5.41, 5.74) is -0.0971. The molecule has 1 aromatic heterocycles. The van der Waals surface area contributed by atoms with Gasteiger partial charge in [-0.1, -0.05) is 11.6 Å². The highest BCUT2D eigenvalue weighted by molar-refractivity contribution is 9.10. The molecule has 0 saturated carbocycles. The summed E-state index contributed by atoms with van der Waals surface area (Å²) in [5.74, 6) is 0. The van der Waals surface area contributed by atoms with Gasteiger partial charge in [0.15, 0.2) is 0 Å². The Morgan fingerprint density at radius 1 is 1.62 bits per heavy atom. The zero-order chi connectivity index (χ0) is 10.0. The number of hydrogen-bond acceptors (Lipinski definition) is 2. The lowest BCUT2D eigenvalue weighted by Gasteiger charge is -2.06. The van der Waals surface area contributed by atoms with Crippen molar-refractivity contribution in [3.63, 3.8) is 0 Å². The van der Waals surface area contributed by atoms with Crippen LogP contribution in [-0.2, 0) is 6.61 Å². The Labute approximate surface area is 86.7 Å². The predicted octanol–water partition coefficient (Wildman–Crippen LogP) is 2.93. The second kappa shape index (κ2) is 4.30. The summed E-state index contributed by atoms with van der Waals surface area (Å²) in [6.45, 7) is -0.332. The Bertz CT molecular complexity index is 298. The summed E-state index contributed by atoms with van der Waals surface area (Å²) in [5, 5.41) is 8.59. The van der Waals surface area contributed by atoms with Crippen molar-refractivity contribution in [1.82, 2.24) is 4.98 Å². The molecule has 0 aliphatic carbocycles. The van der Waals surface area contributed by atoms with Gasteiger partial charge in [0.2, 0.25) is 0 Å². The molecule has 0 spiro atoms. The van der Waals surface area contributed by atoms with Crippen LogP contribution in [-0.4, -0.2) is 10.1 Å². The largest absolute Gasteiger partial charge is 0.390 e. The molecule has 0 aliphatic rings. The lowest BCUT2D eigenvalue weighted by molar-refractivity contribution is 0.150. The monoisotopic (exact) mass is 271 g/mol. The SMILES string of the molecule is OCc1cc(Cl)c(C(F)F)c(Br)n1. The number of aromatic nitrogens is 1. The smallest absolute Gasteiger partial charge is 0.267 e. The van der Waals surface area contributed by atoms with Crippen molar-refractivity contribution < 1.29 is 13.9 Å². The molecule has 1 aromatic rings. The molecule has 0 saturated heterocycles. The van der Waals surface area contributed by atoms with E-state index in [9.17, 15) is 8.78 Å². The number of hydrogen-bond donors (Lipinski definition) is 1. The molecule has 0 radical (unpaired) electrons. The van der Waals surface area contributed by atoms with Crippen molar-refractivity contribution in [3.8, 4) is 0 Å². The lowest BCUT2D eigenvalue weighted by atomic mass is 10.2. The molecule has 0 aromatic carbocycles. The molecule has 0 aliphatic heterocycles. The first-order valence-corrected chi connectivity index (χ1v) is 4.47. The van der Waals surface area contributed by atoms with Gasteiger partial charge in [-0.25, -0.2) is 13.8 Å². The number of nitrogens with zero attached hydrogens (tertiary/aromatic N) is 1. The van der Waals surface area contributed by atoms with Crippen molar-refractivity contribution >= 4 is 27.5 Å². The highest BCUT2D eigenvalue weighted by Crippen LogP contribution is 2.32. The summed E-state index contributed by atoms with van der Waals surface area (Å²) in [6.07, 6.45) is -2.68. The second-order valence-corrected chi connectivity index (χ2v) is 3.42. The molecule has 6 heteroatoms. The van der Waals surface area contributed by atoms with Crippen LogP contribution in [0.4, 0.5) is 8.78 Å². The fourth-order valence-corrected chi connectivity index (χ4v) is 1.84. The maximum absolute atomic E-state index is 12.3. The fraction of sp³-hybridized carbons (Fsp3) is 0.286. The summed E-state index contributed by atoms with van der Waals surface area (Å²) >= 11 is 8.40. The van der Waals surface area contributed by atoms with Crippen molar-refractivity contribution in [2.45, 2.75) is 13.0 Å². The summed E-state index contributed by atoms with van der Waals surface area (Å²) < 4.78 is 24.6. The highest BCUT2D eigenvalue weighted by Gasteiger charge is 2.17. The molecule has 1 rings (SSSR count). The molecule has 0 unspecified atom stereocenters. The molecule has 0 fully saturated rings. The van der Waals surface area contributed by atoms with E-state index >= 15 is 0 Å². The van der Waals surface area contributed by atoms with E-state index in [1.54, 1.807) is 0 Å². The van der Waals surface area contributed by atoms with E-state index in [1.807, 2.05) is 0 Å². The number of rotatable bonds is 2. The van der Waals surface area contributed by atoms with Gasteiger partial charge in [0.25, 0.3) is 6.43 Å². The van der Waals surface area contributed by atoms with Gasteiger partial charge < -0.3 is 5.11 Å². The summed E-state index contributed by atoms with van der Waals surface area (Å²) in [6, 6.07) is 1.22. The standard InChI is InChI=1S/C7H5BrClF2NO/c8-6-5(7(10)11)4(9)1-3(2-13)12-6/h1,7,13H,2H2. The van der Waals surface area contributed by atoms with Crippen molar-refractivity contribution in [2.75, 3.05) is 0 Å². The minimum atomic E-state index is -2.68. The zero-order valence-corrected chi connectivity index (χ0v) is 8.61. The third-order valence-corrected chi connectivity index (χ3v) is 2.31. The first kappa shape index (κ1) is 10.8. The van der Waals surface area contributed by atoms with Gasteiger partial charge in [0.1, 0.15) is 4.60 Å². The average Bonchev–Trinajstić information content (AvgIpc) is 2.02. The van der Waals surface area contributed by atoms with Crippen LogP contribution in [0.1, 0.15) is 17.7 Å². The van der Waals surface area contributed by atoms with Crippen LogP contribution >= 0.6 is 27.5 Å². The van der Waals surface area contributed by atoms with Gasteiger partial charge in [0.05, 0.1) is 22.9 Å². The third kappa shape index (κ3) is 2.36. The Kier molecular flexibility index (Phi) is 3.58. The lowest BCUT2D eigenvalue weighted by Crippen LogP contribution is -1.96. The van der Waals surface area contributed by atoms with E-state index < -0.39 is 6.43 Å². The predicted molar refractivity (Wildman–Crippen MR) is 47.8 cm³/mol. The van der Waals surface area contributed by atoms with Gasteiger partial charge >= 0.3 is 0 Å². The Morgan fingerprint density at radius 2 is 2.23 bits per heavy atom. The average molecular weight is 272 g/mol. The van der Waals surface area contributed by atoms with Crippen LogP contribution in [0.5, 0.6) is 0 Å². The van der Waals surface area contributed by atoms with E-state index in [-0.39, 0.29) is 27.5 Å². The Balaban J connectivity index is 3.23. The van der Waals surface area contributed by atoms with Gasteiger partial charge in [0, 0.05) is 0 Å². The molecule has 0 atom stereocenters. The molecular weight excluding hydrogens is 267 g/mol. The second-order valence-electron chi connectivity index (χ2n) is 2.26. The van der Waals surface area contributed by atoms with Crippen LogP contribution in [0.25, 0.3) is 0 Å². The number of aliphatic hydroxyl groups excluding tert-OH is 1. The first-order chi connectivity index (χ1) is 6.06. The molecule has 0 amide bonds. The molecule has 13 heavy (non-hydrogen) atoms. The maximum atomic E-state index is 12.3. The van der Waals surface area contributed by atoms with E-state index in [4.69, 9.17) is 16.7 Å². The number of pyridine rings is 1. The minimum Gasteiger partial charge on any atom is -0.390 e. The normalized spacial score (nSPS) is 10.9. The van der Waals surface area contributed by atoms with Crippen LogP contribution in [0.15, 0.2) is 10.7 Å². The van der Waals surface area contributed by atoms with Crippen molar-refractivity contribution in [1.29, 1.82) is 0 Å². The number of alkyl halides is 2. The van der Waals surface area contributed by atoms with Gasteiger partial charge in [-0.15, -0.1) is 0 Å². The molecule has 0 bridgehead atoms. The summed E-state index contributed by atoms with van der Waals surface area (Å²) in [7, 11) is 0. The van der Waals surface area contributed by atoms with E-state index in [0.29, 0.717) is 0 Å². The van der Waals surface area contributed by atoms with Crippen LogP contribution in [0.2, 0.25) is 5.02 Å². The summed E-state index contributed by atoms with van der Waals surface area (Å²) in [4.78, 5) is 3.68. The highest BCUT2D eigenvalue weighted by atomic mass is 79.9. The van der Waals surface area contributed by atoms with E-state index in [1.165, 1.54) is 6.07 Å². The van der Waals surface area contributed by atoms with Crippen molar-refractivity contribution in [2.24, 2.45) is 0 Å². The van der Waals surface area contributed by atoms with E-state index in [0.717, 1.165) is 0 Å². The van der Waals surface area contributed by atoms with Gasteiger partial charge in [-0.05, 0) is 22.0 Å². The zero-order valence-electron chi connectivity index (χ0n) is 6.27. The molecule has 1 heterocycles. The van der Waals surface area contributed by atoms with Gasteiger partial charge in [-0.3, -0.25) is 0 Å². The van der Waals surface area contributed by atoms with Crippen LogP contribution in [0, 0.1) is 0 Å². The quantitative estimate of drug-likeness (QED) is 0.840. The molecule has 72 valence electrons. The molecule has 2 nitrogen and oxygen atoms in total. The fourth-order valence-electron chi connectivity index (χ4n) is 0.816. The van der Waals surface area contributed by atoms with Crippen LogP contribution in [0.3, 0.4) is 0 Å². The first-order valence-electron chi connectivity index (χ1n) is 3.30. The Hall–Kier alpha value is -0.260. The van der Waals surface area contributed by atoms with Crippen molar-refractivity contribution in [3.05, 3.63) is 26.9 Å². The van der Waals surface area contributed by atoms with E-state index in [2.05, 4.69) is 20.9 Å². The van der Waals surface area contributed by atoms with Gasteiger partial charge in [-0.2, -0.15) is 0 Å². The molecule has 1 N–H and O–H groups in total.